The van der Waals surface area contributed by atoms with Gasteiger partial charge in [0, 0.05) is 36.1 Å². The minimum atomic E-state index is -1.02. The first kappa shape index (κ1) is 30.6. The average Bonchev–Trinajstić information content (AvgIpc) is 3.38. The largest absolute Gasteiger partial charge is 0.497 e. The van der Waals surface area contributed by atoms with Crippen LogP contribution < -0.4 is 20.5 Å². The molecule has 3 amide bonds. The summed E-state index contributed by atoms with van der Waals surface area (Å²) in [5.41, 5.74) is 7.20. The van der Waals surface area contributed by atoms with Gasteiger partial charge in [-0.25, -0.2) is 9.78 Å². The normalized spacial score (nSPS) is 17.5. The van der Waals surface area contributed by atoms with Crippen LogP contribution in [0.4, 0.5) is 4.79 Å². The number of carbonyl (C=O) groups is 3. The zero-order valence-corrected chi connectivity index (χ0v) is 24.3. The van der Waals surface area contributed by atoms with Crippen molar-refractivity contribution in [1.29, 1.82) is 0 Å². The molecule has 224 valence electrons. The second kappa shape index (κ2) is 13.1. The van der Waals surface area contributed by atoms with E-state index < -0.39 is 41.7 Å². The molecule has 4 rings (SSSR count). The number of aromatic nitrogens is 1. The molecule has 1 aliphatic heterocycles. The Labute approximate surface area is 244 Å². The van der Waals surface area contributed by atoms with Crippen LogP contribution in [-0.4, -0.2) is 76.9 Å². The van der Waals surface area contributed by atoms with Crippen molar-refractivity contribution in [2.45, 2.75) is 63.8 Å². The summed E-state index contributed by atoms with van der Waals surface area (Å²) in [4.78, 5) is 44.8. The fourth-order valence-electron chi connectivity index (χ4n) is 4.94. The molecule has 4 N–H and O–H groups in total. The molecular formula is C31H38N4O7. The van der Waals surface area contributed by atoms with E-state index in [9.17, 15) is 19.5 Å². The monoisotopic (exact) mass is 578 g/mol. The highest BCUT2D eigenvalue weighted by molar-refractivity contribution is 5.92. The summed E-state index contributed by atoms with van der Waals surface area (Å²) < 4.78 is 17.2. The highest BCUT2D eigenvalue weighted by Gasteiger charge is 2.42. The number of nitrogens with zero attached hydrogens (tertiary/aromatic N) is 2. The van der Waals surface area contributed by atoms with E-state index in [2.05, 4.69) is 5.32 Å². The molecule has 0 aliphatic carbocycles. The molecule has 3 aromatic rings. The Morgan fingerprint density at radius 2 is 1.88 bits per heavy atom. The number of amides is 3. The van der Waals surface area contributed by atoms with Crippen molar-refractivity contribution < 1.29 is 33.7 Å². The predicted molar refractivity (Wildman–Crippen MR) is 157 cm³/mol. The van der Waals surface area contributed by atoms with Gasteiger partial charge in [-0.15, -0.1) is 0 Å². The van der Waals surface area contributed by atoms with Crippen molar-refractivity contribution in [1.82, 2.24) is 15.2 Å². The topological polar surface area (TPSA) is 153 Å². The highest BCUT2D eigenvalue weighted by atomic mass is 16.6. The number of fused-ring (bicyclic) bond motifs is 1. The summed E-state index contributed by atoms with van der Waals surface area (Å²) in [5, 5.41) is 12.7. The third kappa shape index (κ3) is 7.47. The summed E-state index contributed by atoms with van der Waals surface area (Å²) in [7, 11) is 1.58. The van der Waals surface area contributed by atoms with Gasteiger partial charge in [0.25, 0.3) is 0 Å². The number of nitrogens with one attached hydrogen (secondary N) is 1. The van der Waals surface area contributed by atoms with Crippen LogP contribution in [0, 0.1) is 0 Å². The molecule has 0 bridgehead atoms. The maximum absolute atomic E-state index is 13.7. The molecule has 0 spiro atoms. The predicted octanol–water partition coefficient (Wildman–Crippen LogP) is 3.41. The summed E-state index contributed by atoms with van der Waals surface area (Å²) in [6.45, 7) is 5.04. The minimum Gasteiger partial charge on any atom is -0.497 e. The molecule has 1 aliphatic rings. The molecule has 1 fully saturated rings. The zero-order chi connectivity index (χ0) is 30.4. The number of carbonyl (C=O) groups excluding carboxylic acids is 3. The van der Waals surface area contributed by atoms with E-state index in [4.69, 9.17) is 24.9 Å². The zero-order valence-electron chi connectivity index (χ0n) is 24.3. The lowest BCUT2D eigenvalue weighted by Crippen LogP contribution is -2.53. The van der Waals surface area contributed by atoms with Crippen molar-refractivity contribution in [3.05, 3.63) is 54.6 Å². The number of alkyl carbamates (subject to hydrolysis) is 1. The SMILES string of the molecule is COc1ccc2c(O[C@@H]3C[C@@H](C(N)=O)N(C(=O)[C@H](CCCO)NC(=O)OC(C)(C)C)C3)cc(-c3ccccc3)nc2c1. The van der Waals surface area contributed by atoms with Gasteiger partial charge in [0.15, 0.2) is 0 Å². The highest BCUT2D eigenvalue weighted by Crippen LogP contribution is 2.34. The number of hydrogen-bond donors (Lipinski definition) is 3. The lowest BCUT2D eigenvalue weighted by molar-refractivity contribution is -0.139. The van der Waals surface area contributed by atoms with Crippen molar-refractivity contribution in [2.24, 2.45) is 5.73 Å². The lowest BCUT2D eigenvalue weighted by atomic mass is 10.1. The maximum Gasteiger partial charge on any atom is 0.408 e. The first-order valence-electron chi connectivity index (χ1n) is 13.9. The maximum atomic E-state index is 13.7. The summed E-state index contributed by atoms with van der Waals surface area (Å²) in [5.74, 6) is -0.00262. The fourth-order valence-corrected chi connectivity index (χ4v) is 4.94. The average molecular weight is 579 g/mol. The van der Waals surface area contributed by atoms with E-state index in [-0.39, 0.29) is 32.4 Å². The van der Waals surface area contributed by atoms with Gasteiger partial charge in [0.1, 0.15) is 35.3 Å². The smallest absolute Gasteiger partial charge is 0.408 e. The summed E-state index contributed by atoms with van der Waals surface area (Å²) in [6.07, 6.45) is -0.757. The van der Waals surface area contributed by atoms with Gasteiger partial charge in [-0.1, -0.05) is 30.3 Å². The van der Waals surface area contributed by atoms with E-state index in [0.29, 0.717) is 22.7 Å². The number of methoxy groups -OCH3 is 1. The number of likely N-dealkylation sites (tertiary alicyclic amines) is 1. The minimum absolute atomic E-state index is 0.0682. The molecule has 0 radical (unpaired) electrons. The van der Waals surface area contributed by atoms with Gasteiger partial charge >= 0.3 is 6.09 Å². The molecule has 0 unspecified atom stereocenters. The number of hydrogen-bond acceptors (Lipinski definition) is 8. The third-order valence-electron chi connectivity index (χ3n) is 6.86. The fraction of sp³-hybridized carbons (Fsp3) is 0.419. The summed E-state index contributed by atoms with van der Waals surface area (Å²) >= 11 is 0. The number of pyridine rings is 1. The van der Waals surface area contributed by atoms with Crippen LogP contribution in [0.15, 0.2) is 54.6 Å². The molecule has 1 saturated heterocycles. The quantitative estimate of drug-likeness (QED) is 0.331. The molecule has 42 heavy (non-hydrogen) atoms. The number of aliphatic hydroxyl groups is 1. The standard InChI is InChI=1S/C31H38N4O7/c1-31(2,3)42-30(39)34-23(11-8-14-36)29(38)35-18-21(16-26(35)28(32)37)41-27-17-24(19-9-6-5-7-10-19)33-25-15-20(40-4)12-13-22(25)27/h5-7,9-10,12-13,15,17,21,23,26,36H,8,11,14,16,18H2,1-4H3,(H2,32,37)(H,34,39)/t21-,23+,26+/m1/s1. The van der Waals surface area contributed by atoms with Gasteiger partial charge in [0.2, 0.25) is 11.8 Å². The molecular weight excluding hydrogens is 540 g/mol. The lowest BCUT2D eigenvalue weighted by Gasteiger charge is -2.28. The van der Waals surface area contributed by atoms with Crippen molar-refractivity contribution in [3.63, 3.8) is 0 Å². The van der Waals surface area contributed by atoms with E-state index in [0.717, 1.165) is 10.9 Å². The second-order valence-electron chi connectivity index (χ2n) is 11.2. The van der Waals surface area contributed by atoms with Crippen LogP contribution >= 0.6 is 0 Å². The molecule has 11 nitrogen and oxygen atoms in total. The van der Waals surface area contributed by atoms with Crippen molar-refractivity contribution >= 4 is 28.8 Å². The number of nitrogens with two attached hydrogens (primary N) is 1. The van der Waals surface area contributed by atoms with Gasteiger partial charge in [-0.2, -0.15) is 0 Å². The molecule has 0 saturated carbocycles. The Morgan fingerprint density at radius 1 is 1.14 bits per heavy atom. The Hall–Kier alpha value is -4.38. The van der Waals surface area contributed by atoms with Crippen molar-refractivity contribution in [2.75, 3.05) is 20.3 Å². The number of primary amides is 1. The first-order chi connectivity index (χ1) is 20.0. The van der Waals surface area contributed by atoms with E-state index in [1.165, 1.54) is 4.90 Å². The number of benzene rings is 2. The van der Waals surface area contributed by atoms with Crippen LogP contribution in [0.25, 0.3) is 22.2 Å². The number of aliphatic hydroxyl groups excluding tert-OH is 1. The molecule has 3 atom stereocenters. The third-order valence-corrected chi connectivity index (χ3v) is 6.86. The first-order valence-corrected chi connectivity index (χ1v) is 13.9. The Kier molecular flexibility index (Phi) is 9.52. The van der Waals surface area contributed by atoms with E-state index in [1.807, 2.05) is 54.6 Å². The van der Waals surface area contributed by atoms with Gasteiger partial charge < -0.3 is 35.3 Å². The van der Waals surface area contributed by atoms with E-state index >= 15 is 0 Å². The second-order valence-corrected chi connectivity index (χ2v) is 11.2. The number of ether oxygens (including phenoxy) is 3. The van der Waals surface area contributed by atoms with Crippen LogP contribution in [0.3, 0.4) is 0 Å². The summed E-state index contributed by atoms with van der Waals surface area (Å²) in [6, 6.07) is 15.0. The van der Waals surface area contributed by atoms with Crippen LogP contribution in [0.1, 0.15) is 40.0 Å². The van der Waals surface area contributed by atoms with Crippen molar-refractivity contribution in [3.8, 4) is 22.8 Å². The Morgan fingerprint density at radius 3 is 2.52 bits per heavy atom. The Balaban J connectivity index is 1.62. The molecule has 2 aromatic carbocycles. The van der Waals surface area contributed by atoms with Gasteiger partial charge in [0.05, 0.1) is 24.9 Å². The Bertz CT molecular complexity index is 1420. The van der Waals surface area contributed by atoms with E-state index in [1.54, 1.807) is 27.9 Å². The van der Waals surface area contributed by atoms with Crippen LogP contribution in [0.2, 0.25) is 0 Å². The van der Waals surface area contributed by atoms with Gasteiger partial charge in [-0.3, -0.25) is 9.59 Å². The van der Waals surface area contributed by atoms with Gasteiger partial charge in [-0.05, 0) is 45.7 Å². The molecule has 1 aromatic heterocycles. The molecule has 11 heteroatoms. The van der Waals surface area contributed by atoms with Crippen LogP contribution in [0.5, 0.6) is 11.5 Å². The number of rotatable bonds is 10. The van der Waals surface area contributed by atoms with Crippen LogP contribution in [-0.2, 0) is 14.3 Å². The molecule has 2 heterocycles.